The Morgan fingerprint density at radius 1 is 1.10 bits per heavy atom. The lowest BCUT2D eigenvalue weighted by atomic mass is 9.99. The highest BCUT2D eigenvalue weighted by atomic mass is 32.1. The molecule has 8 nitrogen and oxygen atoms in total. The maximum atomic E-state index is 14.5. The molecule has 1 aromatic heterocycles. The van der Waals surface area contributed by atoms with Crippen molar-refractivity contribution in [3.8, 4) is 0 Å². The van der Waals surface area contributed by atoms with E-state index in [4.69, 9.17) is 0 Å². The molecule has 13 heteroatoms. The topological polar surface area (TPSA) is 112 Å². The summed E-state index contributed by atoms with van der Waals surface area (Å²) in [7, 11) is 0. The van der Waals surface area contributed by atoms with E-state index in [1.807, 2.05) is 0 Å². The van der Waals surface area contributed by atoms with Crippen LogP contribution in [0.25, 0.3) is 0 Å². The largest absolute Gasteiger partial charge is 0.381 e. The minimum atomic E-state index is -3.46. The van der Waals surface area contributed by atoms with Gasteiger partial charge >= 0.3 is 0 Å². The highest BCUT2D eigenvalue weighted by Gasteiger charge is 2.51. The van der Waals surface area contributed by atoms with Gasteiger partial charge in [0.15, 0.2) is 6.10 Å². The zero-order chi connectivity index (χ0) is 29.9. The third-order valence-electron chi connectivity index (χ3n) is 6.72. The van der Waals surface area contributed by atoms with Crippen LogP contribution < -0.4 is 10.6 Å². The van der Waals surface area contributed by atoms with Crippen molar-refractivity contribution in [1.82, 2.24) is 20.5 Å². The van der Waals surface area contributed by atoms with Crippen LogP contribution in [0, 0.1) is 25.5 Å². The summed E-state index contributed by atoms with van der Waals surface area (Å²) in [5, 5.41) is 16.6. The Bertz CT molecular complexity index is 1420. The second kappa shape index (κ2) is 12.4. The molecule has 0 unspecified atom stereocenters. The first-order chi connectivity index (χ1) is 19.4. The summed E-state index contributed by atoms with van der Waals surface area (Å²) >= 11 is 1.12. The fourth-order valence-corrected chi connectivity index (χ4v) is 5.53. The predicted octanol–water partition coefficient (Wildman–Crippen LogP) is 3.29. The molecule has 3 atom stereocenters. The molecule has 3 amide bonds. The second-order valence-electron chi connectivity index (χ2n) is 9.82. The molecule has 1 aliphatic rings. The molecule has 3 aromatic rings. The zero-order valence-corrected chi connectivity index (χ0v) is 23.0. The van der Waals surface area contributed by atoms with Crippen LogP contribution in [0.3, 0.4) is 0 Å². The SMILES string of the molecule is Cc1nc(C)c(C(=O)N[C@@H](Cc2ccccc2)[C@H](O)C(=O)N2CC(F)(F)C[C@H]2C(=O)NCc2c(F)cccc2F)s1. The average Bonchev–Trinajstić information content (AvgIpc) is 3.44. The van der Waals surface area contributed by atoms with Gasteiger partial charge in [-0.25, -0.2) is 22.5 Å². The Hall–Kier alpha value is -3.84. The van der Waals surface area contributed by atoms with Crippen molar-refractivity contribution in [2.45, 2.75) is 57.3 Å². The fourth-order valence-electron chi connectivity index (χ4n) is 4.70. The highest BCUT2D eigenvalue weighted by molar-refractivity contribution is 7.13. The Labute approximate surface area is 237 Å². The van der Waals surface area contributed by atoms with Crippen molar-refractivity contribution in [3.63, 3.8) is 0 Å². The normalized spacial score (nSPS) is 17.6. The molecule has 2 aromatic carbocycles. The molecule has 41 heavy (non-hydrogen) atoms. The van der Waals surface area contributed by atoms with E-state index in [0.29, 0.717) is 21.2 Å². The summed E-state index contributed by atoms with van der Waals surface area (Å²) in [5.41, 5.74) is 0.629. The summed E-state index contributed by atoms with van der Waals surface area (Å²) in [6.07, 6.45) is -3.07. The van der Waals surface area contributed by atoms with Gasteiger partial charge in [-0.2, -0.15) is 0 Å². The molecule has 1 saturated heterocycles. The lowest BCUT2D eigenvalue weighted by Crippen LogP contribution is -2.55. The van der Waals surface area contributed by atoms with E-state index in [1.54, 1.807) is 44.2 Å². The monoisotopic (exact) mass is 592 g/mol. The van der Waals surface area contributed by atoms with Gasteiger partial charge in [-0.3, -0.25) is 14.4 Å². The first-order valence-corrected chi connectivity index (χ1v) is 13.5. The van der Waals surface area contributed by atoms with Gasteiger partial charge < -0.3 is 20.6 Å². The van der Waals surface area contributed by atoms with Crippen LogP contribution in [0.2, 0.25) is 0 Å². The van der Waals surface area contributed by atoms with Crippen LogP contribution in [-0.4, -0.2) is 63.4 Å². The standard InChI is InChI=1S/C28H28F4N4O4S/c1-15-24(41-16(2)34-15)26(39)35-21(11-17-7-4-3-5-8-17)23(37)27(40)36-14-28(31,32)12-22(36)25(38)33-13-18-19(29)9-6-10-20(18)30/h3-10,21-23,37H,11-14H2,1-2H3,(H,33,38)(H,35,39)/t21-,22-,23-/m0/s1. The van der Waals surface area contributed by atoms with Gasteiger partial charge in [-0.05, 0) is 38.0 Å². The van der Waals surface area contributed by atoms with E-state index in [0.717, 1.165) is 29.5 Å². The summed E-state index contributed by atoms with van der Waals surface area (Å²) < 4.78 is 57.0. The molecule has 1 fully saturated rings. The smallest absolute Gasteiger partial charge is 0.267 e. The number of nitrogens with one attached hydrogen (secondary N) is 2. The van der Waals surface area contributed by atoms with Gasteiger partial charge in [0.1, 0.15) is 22.6 Å². The van der Waals surface area contributed by atoms with Crippen LogP contribution >= 0.6 is 11.3 Å². The first kappa shape index (κ1) is 30.1. The first-order valence-electron chi connectivity index (χ1n) is 12.7. The molecule has 2 heterocycles. The molecule has 0 aliphatic carbocycles. The molecule has 0 saturated carbocycles. The van der Waals surface area contributed by atoms with E-state index in [1.165, 1.54) is 0 Å². The van der Waals surface area contributed by atoms with E-state index in [-0.39, 0.29) is 11.3 Å². The van der Waals surface area contributed by atoms with Crippen LogP contribution in [0.15, 0.2) is 48.5 Å². The fraction of sp³-hybridized carbons (Fsp3) is 0.357. The Morgan fingerprint density at radius 2 is 1.76 bits per heavy atom. The average molecular weight is 593 g/mol. The molecule has 218 valence electrons. The second-order valence-corrected chi connectivity index (χ2v) is 11.0. The number of aryl methyl sites for hydroxylation is 2. The maximum Gasteiger partial charge on any atom is 0.267 e. The van der Waals surface area contributed by atoms with Crippen LogP contribution in [0.1, 0.15) is 37.9 Å². The number of hydrogen-bond acceptors (Lipinski definition) is 6. The number of aromatic nitrogens is 1. The number of hydrogen-bond donors (Lipinski definition) is 3. The van der Waals surface area contributed by atoms with Crippen LogP contribution in [-0.2, 0) is 22.6 Å². The molecule has 0 spiro atoms. The molecule has 4 rings (SSSR count). The van der Waals surface area contributed by atoms with Gasteiger partial charge in [0.2, 0.25) is 5.91 Å². The lowest BCUT2D eigenvalue weighted by molar-refractivity contribution is -0.147. The predicted molar refractivity (Wildman–Crippen MR) is 142 cm³/mol. The van der Waals surface area contributed by atoms with Crippen molar-refractivity contribution in [2.24, 2.45) is 0 Å². The van der Waals surface area contributed by atoms with Crippen molar-refractivity contribution in [2.75, 3.05) is 6.54 Å². The Balaban J connectivity index is 1.55. The molecular weight excluding hydrogens is 564 g/mol. The molecule has 1 aliphatic heterocycles. The summed E-state index contributed by atoms with van der Waals surface area (Å²) in [6.45, 7) is 1.56. The minimum absolute atomic E-state index is 0.0238. The number of likely N-dealkylation sites (tertiary alicyclic amines) is 1. The minimum Gasteiger partial charge on any atom is -0.381 e. The van der Waals surface area contributed by atoms with E-state index < -0.39 is 78.5 Å². The molecular formula is C28H28F4N4O4S. The quantitative estimate of drug-likeness (QED) is 0.331. The number of nitrogens with zero attached hydrogens (tertiary/aromatic N) is 2. The van der Waals surface area contributed by atoms with Gasteiger partial charge in [-0.15, -0.1) is 11.3 Å². The van der Waals surface area contributed by atoms with Gasteiger partial charge in [0, 0.05) is 18.5 Å². The summed E-state index contributed by atoms with van der Waals surface area (Å²) in [5.74, 6) is -8.19. The Kier molecular flexibility index (Phi) is 9.08. The van der Waals surface area contributed by atoms with Gasteiger partial charge in [0.05, 0.1) is 23.3 Å². The summed E-state index contributed by atoms with van der Waals surface area (Å²) in [6, 6.07) is 8.75. The Morgan fingerprint density at radius 3 is 2.37 bits per heavy atom. The number of carbonyl (C=O) groups excluding carboxylic acids is 3. The van der Waals surface area contributed by atoms with Crippen molar-refractivity contribution in [3.05, 3.63) is 86.9 Å². The molecule has 0 radical (unpaired) electrons. The number of thiazole rings is 1. The zero-order valence-electron chi connectivity index (χ0n) is 22.2. The highest BCUT2D eigenvalue weighted by Crippen LogP contribution is 2.33. The van der Waals surface area contributed by atoms with E-state index >= 15 is 0 Å². The number of rotatable bonds is 9. The van der Waals surface area contributed by atoms with Gasteiger partial charge in [-0.1, -0.05) is 36.4 Å². The van der Waals surface area contributed by atoms with E-state index in [9.17, 15) is 37.1 Å². The van der Waals surface area contributed by atoms with Crippen molar-refractivity contribution in [1.29, 1.82) is 0 Å². The van der Waals surface area contributed by atoms with Crippen molar-refractivity contribution < 1.29 is 37.1 Å². The number of benzene rings is 2. The maximum absolute atomic E-state index is 14.5. The number of amides is 3. The number of aliphatic hydroxyl groups is 1. The third-order valence-corrected chi connectivity index (χ3v) is 7.79. The lowest BCUT2D eigenvalue weighted by Gasteiger charge is -2.30. The van der Waals surface area contributed by atoms with E-state index in [2.05, 4.69) is 15.6 Å². The third kappa shape index (κ3) is 7.09. The molecule has 3 N–H and O–H groups in total. The van der Waals surface area contributed by atoms with Crippen LogP contribution in [0.5, 0.6) is 0 Å². The number of halogens is 4. The van der Waals surface area contributed by atoms with Crippen molar-refractivity contribution >= 4 is 29.1 Å². The van der Waals surface area contributed by atoms with Gasteiger partial charge in [0.25, 0.3) is 17.7 Å². The van der Waals surface area contributed by atoms with Crippen LogP contribution in [0.4, 0.5) is 17.6 Å². The number of aliphatic hydroxyl groups excluding tert-OH is 1. The number of alkyl halides is 2. The summed E-state index contributed by atoms with van der Waals surface area (Å²) in [4.78, 5) is 44.4. The molecule has 0 bridgehead atoms. The number of carbonyl (C=O) groups is 3.